The molecule has 1 aliphatic heterocycles. The first-order valence-electron chi connectivity index (χ1n) is 9.04. The van der Waals surface area contributed by atoms with E-state index in [1.54, 1.807) is 18.2 Å². The molecule has 1 unspecified atom stereocenters. The van der Waals surface area contributed by atoms with Crippen molar-refractivity contribution < 1.29 is 19.7 Å². The summed E-state index contributed by atoms with van der Waals surface area (Å²) in [7, 11) is 0. The van der Waals surface area contributed by atoms with E-state index < -0.39 is 6.10 Å². The van der Waals surface area contributed by atoms with E-state index in [0.717, 1.165) is 24.5 Å². The minimum atomic E-state index is -0.886. The van der Waals surface area contributed by atoms with Crippen LogP contribution in [0.1, 0.15) is 10.4 Å². The molecule has 2 aromatic rings. The number of nitrogens with zero attached hydrogens (tertiary/aromatic N) is 1. The number of carbonyl (C=O) groups is 1. The number of morpholine rings is 1. The minimum absolute atomic E-state index is 0.158. The number of ether oxygens (including phenoxy) is 1. The second-order valence-electron chi connectivity index (χ2n) is 6.33. The Hall–Kier alpha value is -2.61. The van der Waals surface area contributed by atoms with Crippen molar-refractivity contribution in [1.82, 2.24) is 0 Å². The average Bonchev–Trinajstić information content (AvgIpc) is 2.73. The SMILES string of the molecule is O=C(Nc1ccccc1N1CCOCC1)c1ccccc1NCC(O)CO. The highest BCUT2D eigenvalue weighted by Crippen LogP contribution is 2.27. The second kappa shape index (κ2) is 9.36. The molecule has 0 aromatic heterocycles. The van der Waals surface area contributed by atoms with Crippen LogP contribution in [0.25, 0.3) is 0 Å². The van der Waals surface area contributed by atoms with E-state index in [4.69, 9.17) is 9.84 Å². The van der Waals surface area contributed by atoms with Crippen LogP contribution in [0.4, 0.5) is 17.1 Å². The van der Waals surface area contributed by atoms with Gasteiger partial charge in [-0.25, -0.2) is 0 Å². The number of aliphatic hydroxyl groups is 2. The summed E-state index contributed by atoms with van der Waals surface area (Å²) in [5, 5.41) is 24.5. The fourth-order valence-electron chi connectivity index (χ4n) is 2.98. The Bertz CT molecular complexity index is 762. The third-order valence-electron chi connectivity index (χ3n) is 4.41. The molecular weight excluding hydrogens is 346 g/mol. The minimum Gasteiger partial charge on any atom is -0.394 e. The smallest absolute Gasteiger partial charge is 0.257 e. The summed E-state index contributed by atoms with van der Waals surface area (Å²) in [6.45, 7) is 2.72. The van der Waals surface area contributed by atoms with Crippen molar-refractivity contribution in [3.8, 4) is 0 Å². The number of hydrogen-bond donors (Lipinski definition) is 4. The molecule has 1 amide bonds. The van der Waals surface area contributed by atoms with Crippen LogP contribution in [0.2, 0.25) is 0 Å². The molecule has 0 bridgehead atoms. The zero-order chi connectivity index (χ0) is 19.1. The third kappa shape index (κ3) is 4.97. The lowest BCUT2D eigenvalue weighted by Gasteiger charge is -2.30. The summed E-state index contributed by atoms with van der Waals surface area (Å²) in [5.74, 6) is -0.239. The predicted molar refractivity (Wildman–Crippen MR) is 105 cm³/mol. The van der Waals surface area contributed by atoms with Gasteiger partial charge in [0, 0.05) is 25.3 Å². The zero-order valence-electron chi connectivity index (χ0n) is 15.1. The van der Waals surface area contributed by atoms with Gasteiger partial charge in [0.05, 0.1) is 42.9 Å². The fourth-order valence-corrected chi connectivity index (χ4v) is 2.98. The highest BCUT2D eigenvalue weighted by molar-refractivity contribution is 6.09. The number of amides is 1. The quantitative estimate of drug-likeness (QED) is 0.590. The summed E-state index contributed by atoms with van der Waals surface area (Å²) < 4.78 is 5.41. The Morgan fingerprint density at radius 2 is 1.74 bits per heavy atom. The van der Waals surface area contributed by atoms with Crippen molar-refractivity contribution in [1.29, 1.82) is 0 Å². The van der Waals surface area contributed by atoms with Crippen LogP contribution in [-0.4, -0.2) is 61.7 Å². The Kier molecular flexibility index (Phi) is 6.64. The maximum absolute atomic E-state index is 12.9. The second-order valence-corrected chi connectivity index (χ2v) is 6.33. The normalized spacial score (nSPS) is 15.3. The van der Waals surface area contributed by atoms with Crippen molar-refractivity contribution in [3.63, 3.8) is 0 Å². The molecule has 0 aliphatic carbocycles. The number of anilines is 3. The lowest BCUT2D eigenvalue weighted by Crippen LogP contribution is -2.36. The topological polar surface area (TPSA) is 94.1 Å². The number of aliphatic hydroxyl groups excluding tert-OH is 2. The van der Waals surface area contributed by atoms with Gasteiger partial charge in [-0.15, -0.1) is 0 Å². The van der Waals surface area contributed by atoms with Gasteiger partial charge in [0.15, 0.2) is 0 Å². The first-order valence-corrected chi connectivity index (χ1v) is 9.04. The molecule has 7 nitrogen and oxygen atoms in total. The lowest BCUT2D eigenvalue weighted by molar-refractivity contribution is 0.102. The maximum Gasteiger partial charge on any atom is 0.257 e. The van der Waals surface area contributed by atoms with Gasteiger partial charge >= 0.3 is 0 Å². The molecule has 1 fully saturated rings. The number of hydrogen-bond acceptors (Lipinski definition) is 6. The first kappa shape index (κ1) is 19.2. The summed E-state index contributed by atoms with van der Waals surface area (Å²) in [6.07, 6.45) is -0.886. The number of nitrogens with one attached hydrogen (secondary N) is 2. The van der Waals surface area contributed by atoms with Crippen LogP contribution in [-0.2, 0) is 4.74 Å². The summed E-state index contributed by atoms with van der Waals surface area (Å²) in [4.78, 5) is 15.1. The van der Waals surface area contributed by atoms with Crippen LogP contribution in [0, 0.1) is 0 Å². The molecule has 3 rings (SSSR count). The number of rotatable bonds is 7. The monoisotopic (exact) mass is 371 g/mol. The van der Waals surface area contributed by atoms with Gasteiger partial charge in [-0.05, 0) is 24.3 Å². The van der Waals surface area contributed by atoms with Gasteiger partial charge in [0.2, 0.25) is 0 Å². The van der Waals surface area contributed by atoms with Gasteiger partial charge < -0.3 is 30.5 Å². The fraction of sp³-hybridized carbons (Fsp3) is 0.350. The molecule has 144 valence electrons. The van der Waals surface area contributed by atoms with Crippen LogP contribution in [0.15, 0.2) is 48.5 Å². The molecule has 27 heavy (non-hydrogen) atoms. The lowest BCUT2D eigenvalue weighted by atomic mass is 10.1. The standard InChI is InChI=1S/C20H25N3O4/c24-14-15(25)13-21-17-6-2-1-5-16(17)20(26)22-18-7-3-4-8-19(18)23-9-11-27-12-10-23/h1-8,15,21,24-25H,9-14H2,(H,22,26). The zero-order valence-corrected chi connectivity index (χ0v) is 15.1. The summed E-state index contributed by atoms with van der Waals surface area (Å²) in [6, 6.07) is 14.8. The molecule has 0 saturated carbocycles. The van der Waals surface area contributed by atoms with Crippen LogP contribution in [0.5, 0.6) is 0 Å². The Labute approximate surface area is 158 Å². The van der Waals surface area contributed by atoms with E-state index in [-0.39, 0.29) is 19.1 Å². The van der Waals surface area contributed by atoms with Crippen LogP contribution >= 0.6 is 0 Å². The van der Waals surface area contributed by atoms with E-state index in [2.05, 4.69) is 15.5 Å². The van der Waals surface area contributed by atoms with Crippen molar-refractivity contribution in [3.05, 3.63) is 54.1 Å². The van der Waals surface area contributed by atoms with Gasteiger partial charge in [0.1, 0.15) is 0 Å². The first-order chi connectivity index (χ1) is 13.2. The Balaban J connectivity index is 1.76. The van der Waals surface area contributed by atoms with Gasteiger partial charge in [-0.1, -0.05) is 24.3 Å². The summed E-state index contributed by atoms with van der Waals surface area (Å²) >= 11 is 0. The van der Waals surface area contributed by atoms with Crippen molar-refractivity contribution in [2.75, 3.05) is 55.0 Å². The van der Waals surface area contributed by atoms with Crippen molar-refractivity contribution >= 4 is 23.0 Å². The van der Waals surface area contributed by atoms with Crippen molar-refractivity contribution in [2.45, 2.75) is 6.10 Å². The van der Waals surface area contributed by atoms with Gasteiger partial charge in [-0.2, -0.15) is 0 Å². The molecule has 1 atom stereocenters. The number of benzene rings is 2. The Morgan fingerprint density at radius 3 is 2.48 bits per heavy atom. The highest BCUT2D eigenvalue weighted by atomic mass is 16.5. The highest BCUT2D eigenvalue weighted by Gasteiger charge is 2.17. The molecule has 4 N–H and O–H groups in total. The molecule has 2 aromatic carbocycles. The number of para-hydroxylation sites is 3. The number of carbonyl (C=O) groups excluding carboxylic acids is 1. The van der Waals surface area contributed by atoms with Crippen LogP contribution in [0.3, 0.4) is 0 Å². The predicted octanol–water partition coefficient (Wildman–Crippen LogP) is 1.54. The molecule has 0 radical (unpaired) electrons. The molecule has 0 spiro atoms. The van der Waals surface area contributed by atoms with Crippen LogP contribution < -0.4 is 15.5 Å². The molecule has 1 aliphatic rings. The summed E-state index contributed by atoms with van der Waals surface area (Å²) in [5.41, 5.74) is 2.79. The third-order valence-corrected chi connectivity index (χ3v) is 4.41. The van der Waals surface area contributed by atoms with Gasteiger partial charge in [0.25, 0.3) is 5.91 Å². The van der Waals surface area contributed by atoms with E-state index in [1.165, 1.54) is 0 Å². The molecule has 1 saturated heterocycles. The average molecular weight is 371 g/mol. The van der Waals surface area contributed by atoms with E-state index >= 15 is 0 Å². The van der Waals surface area contributed by atoms with Gasteiger partial charge in [-0.3, -0.25) is 4.79 Å². The molecule has 7 heteroatoms. The Morgan fingerprint density at radius 1 is 1.07 bits per heavy atom. The van der Waals surface area contributed by atoms with E-state index in [9.17, 15) is 9.90 Å². The van der Waals surface area contributed by atoms with E-state index in [1.807, 2.05) is 30.3 Å². The maximum atomic E-state index is 12.9. The van der Waals surface area contributed by atoms with E-state index in [0.29, 0.717) is 24.5 Å². The van der Waals surface area contributed by atoms with Crippen molar-refractivity contribution in [2.24, 2.45) is 0 Å². The molecule has 1 heterocycles. The largest absolute Gasteiger partial charge is 0.394 e. The molecular formula is C20H25N3O4.